The van der Waals surface area contributed by atoms with Crippen LogP contribution in [0.5, 0.6) is 5.75 Å². The third-order valence-corrected chi connectivity index (χ3v) is 3.91. The van der Waals surface area contributed by atoms with E-state index in [0.717, 1.165) is 11.1 Å². The summed E-state index contributed by atoms with van der Waals surface area (Å²) in [5.74, 6) is 0.840. The number of ether oxygens (including phenoxy) is 1. The first-order valence-electron chi connectivity index (χ1n) is 7.24. The van der Waals surface area contributed by atoms with Crippen molar-refractivity contribution in [3.63, 3.8) is 0 Å². The van der Waals surface area contributed by atoms with Gasteiger partial charge in [-0.05, 0) is 24.3 Å². The van der Waals surface area contributed by atoms with Gasteiger partial charge in [-0.1, -0.05) is 41.9 Å². The normalized spacial score (nSPS) is 10.2. The number of methoxy groups -OCH3 is 1. The van der Waals surface area contributed by atoms with Crippen molar-refractivity contribution in [2.24, 2.45) is 0 Å². The van der Waals surface area contributed by atoms with Crippen LogP contribution in [0.1, 0.15) is 5.56 Å². The molecule has 4 nitrogen and oxygen atoms in total. The van der Waals surface area contributed by atoms with Crippen LogP contribution < -0.4 is 10.5 Å². The first-order chi connectivity index (χ1) is 11.6. The number of para-hydroxylation sites is 1. The molecule has 0 aliphatic rings. The highest BCUT2D eigenvalue weighted by atomic mass is 35.5. The van der Waals surface area contributed by atoms with Crippen LogP contribution in [-0.4, -0.2) is 12.1 Å². The number of halogens is 1. The summed E-state index contributed by atoms with van der Waals surface area (Å²) in [6.07, 6.45) is 0. The molecular weight excluding hydrogens is 322 g/mol. The second-order valence-electron chi connectivity index (χ2n) is 5.14. The van der Waals surface area contributed by atoms with Crippen LogP contribution in [0.25, 0.3) is 22.4 Å². The summed E-state index contributed by atoms with van der Waals surface area (Å²) >= 11 is 6.07. The zero-order chi connectivity index (χ0) is 17.1. The van der Waals surface area contributed by atoms with Crippen molar-refractivity contribution < 1.29 is 4.74 Å². The quantitative estimate of drug-likeness (QED) is 0.763. The van der Waals surface area contributed by atoms with Crippen LogP contribution in [0.4, 0.5) is 5.82 Å². The Morgan fingerprint density at radius 3 is 2.58 bits per heavy atom. The van der Waals surface area contributed by atoms with Crippen molar-refractivity contribution in [3.8, 4) is 34.2 Å². The number of anilines is 1. The van der Waals surface area contributed by atoms with Gasteiger partial charge in [-0.2, -0.15) is 5.26 Å². The number of pyridine rings is 1. The summed E-state index contributed by atoms with van der Waals surface area (Å²) in [6.45, 7) is 0. The smallest absolute Gasteiger partial charge is 0.142 e. The molecule has 0 amide bonds. The zero-order valence-electron chi connectivity index (χ0n) is 13.0. The number of hydrogen-bond donors (Lipinski definition) is 1. The van der Waals surface area contributed by atoms with Crippen LogP contribution in [0.3, 0.4) is 0 Å². The van der Waals surface area contributed by atoms with Crippen LogP contribution in [0.2, 0.25) is 5.02 Å². The molecule has 0 unspecified atom stereocenters. The van der Waals surface area contributed by atoms with Crippen molar-refractivity contribution in [2.75, 3.05) is 12.8 Å². The van der Waals surface area contributed by atoms with Crippen LogP contribution in [0.15, 0.2) is 54.6 Å². The Bertz CT molecular complexity index is 948. The van der Waals surface area contributed by atoms with E-state index in [0.29, 0.717) is 27.6 Å². The molecule has 0 spiro atoms. The summed E-state index contributed by atoms with van der Waals surface area (Å²) in [7, 11) is 1.59. The molecule has 118 valence electrons. The van der Waals surface area contributed by atoms with Gasteiger partial charge in [0.1, 0.15) is 23.2 Å². The Labute approximate surface area is 145 Å². The number of benzene rings is 2. The fourth-order valence-corrected chi connectivity index (χ4v) is 2.75. The van der Waals surface area contributed by atoms with E-state index >= 15 is 0 Å². The molecule has 24 heavy (non-hydrogen) atoms. The molecular formula is C19H14ClN3O. The summed E-state index contributed by atoms with van der Waals surface area (Å²) in [5, 5.41) is 10.1. The molecule has 0 saturated carbocycles. The molecule has 0 bridgehead atoms. The van der Waals surface area contributed by atoms with Crippen LogP contribution in [-0.2, 0) is 0 Å². The molecule has 0 aliphatic heterocycles. The average molecular weight is 336 g/mol. The molecule has 2 aromatic carbocycles. The lowest BCUT2D eigenvalue weighted by Gasteiger charge is -2.13. The topological polar surface area (TPSA) is 71.9 Å². The largest absolute Gasteiger partial charge is 0.496 e. The van der Waals surface area contributed by atoms with E-state index in [-0.39, 0.29) is 5.82 Å². The highest BCUT2D eigenvalue weighted by Gasteiger charge is 2.16. The zero-order valence-corrected chi connectivity index (χ0v) is 13.7. The van der Waals surface area contributed by atoms with Crippen molar-refractivity contribution in [1.29, 1.82) is 5.26 Å². The Kier molecular flexibility index (Phi) is 4.37. The van der Waals surface area contributed by atoms with E-state index < -0.39 is 0 Å². The summed E-state index contributed by atoms with van der Waals surface area (Å²) < 4.78 is 5.41. The number of rotatable bonds is 3. The minimum atomic E-state index is 0.177. The molecule has 2 N–H and O–H groups in total. The molecule has 0 radical (unpaired) electrons. The predicted molar refractivity (Wildman–Crippen MR) is 95.8 cm³/mol. The van der Waals surface area contributed by atoms with Gasteiger partial charge in [0.2, 0.25) is 0 Å². The lowest BCUT2D eigenvalue weighted by atomic mass is 9.97. The molecule has 3 aromatic rings. The highest BCUT2D eigenvalue weighted by Crippen LogP contribution is 2.36. The standard InChI is InChI=1S/C19H14ClN3O/c1-24-18-8-3-2-7-14(18)15-10-17(23-19(22)16(15)11-21)12-5-4-6-13(20)9-12/h2-10H,1H3,(H2,22,23). The fourth-order valence-electron chi connectivity index (χ4n) is 2.56. The van der Waals surface area contributed by atoms with Gasteiger partial charge < -0.3 is 10.5 Å². The van der Waals surface area contributed by atoms with Crippen LogP contribution in [0, 0.1) is 11.3 Å². The lowest BCUT2D eigenvalue weighted by molar-refractivity contribution is 0.416. The highest BCUT2D eigenvalue weighted by molar-refractivity contribution is 6.30. The molecule has 5 heteroatoms. The molecule has 0 fully saturated rings. The summed E-state index contributed by atoms with van der Waals surface area (Å²) in [4.78, 5) is 4.35. The van der Waals surface area contributed by atoms with Gasteiger partial charge in [-0.25, -0.2) is 4.98 Å². The molecule has 0 aliphatic carbocycles. The summed E-state index contributed by atoms with van der Waals surface area (Å²) in [6, 6.07) is 18.8. The van der Waals surface area contributed by atoms with Crippen molar-refractivity contribution in [3.05, 3.63) is 65.2 Å². The minimum Gasteiger partial charge on any atom is -0.496 e. The van der Waals surface area contributed by atoms with Gasteiger partial charge in [0.15, 0.2) is 0 Å². The Balaban J connectivity index is 2.27. The van der Waals surface area contributed by atoms with E-state index in [1.54, 1.807) is 19.2 Å². The van der Waals surface area contributed by atoms with Crippen molar-refractivity contribution in [1.82, 2.24) is 4.98 Å². The fraction of sp³-hybridized carbons (Fsp3) is 0.0526. The Hall–Kier alpha value is -3.03. The van der Waals surface area contributed by atoms with Gasteiger partial charge in [0.05, 0.1) is 12.8 Å². The van der Waals surface area contributed by atoms with Gasteiger partial charge in [-0.15, -0.1) is 0 Å². The van der Waals surface area contributed by atoms with E-state index in [4.69, 9.17) is 22.1 Å². The Morgan fingerprint density at radius 2 is 1.88 bits per heavy atom. The van der Waals surface area contributed by atoms with Gasteiger partial charge in [0, 0.05) is 21.7 Å². The average Bonchev–Trinajstić information content (AvgIpc) is 2.61. The minimum absolute atomic E-state index is 0.177. The maximum absolute atomic E-state index is 9.50. The van der Waals surface area contributed by atoms with E-state index in [1.807, 2.05) is 42.5 Å². The first kappa shape index (κ1) is 15.9. The number of nitrogens with zero attached hydrogens (tertiary/aromatic N) is 2. The van der Waals surface area contributed by atoms with Crippen molar-refractivity contribution >= 4 is 17.4 Å². The maximum Gasteiger partial charge on any atom is 0.142 e. The molecule has 0 atom stereocenters. The van der Waals surface area contributed by atoms with Gasteiger partial charge >= 0.3 is 0 Å². The molecule has 3 rings (SSSR count). The third-order valence-electron chi connectivity index (χ3n) is 3.68. The first-order valence-corrected chi connectivity index (χ1v) is 7.61. The number of aromatic nitrogens is 1. The number of nitrogen functional groups attached to an aromatic ring is 1. The molecule has 1 heterocycles. The predicted octanol–water partition coefficient (Wildman–Crippen LogP) is 4.53. The van der Waals surface area contributed by atoms with Crippen LogP contribution >= 0.6 is 11.6 Å². The number of nitrogens with two attached hydrogens (primary N) is 1. The number of hydrogen-bond acceptors (Lipinski definition) is 4. The third kappa shape index (κ3) is 2.90. The lowest BCUT2D eigenvalue weighted by Crippen LogP contribution is -2.00. The Morgan fingerprint density at radius 1 is 1.08 bits per heavy atom. The van der Waals surface area contributed by atoms with Crippen molar-refractivity contribution in [2.45, 2.75) is 0 Å². The molecule has 1 aromatic heterocycles. The molecule has 0 saturated heterocycles. The monoisotopic (exact) mass is 335 g/mol. The number of nitriles is 1. The SMILES string of the molecule is COc1ccccc1-c1cc(-c2cccc(Cl)c2)nc(N)c1C#N. The second-order valence-corrected chi connectivity index (χ2v) is 5.57. The van der Waals surface area contributed by atoms with Gasteiger partial charge in [0.25, 0.3) is 0 Å². The van der Waals surface area contributed by atoms with E-state index in [1.165, 1.54) is 0 Å². The van der Waals surface area contributed by atoms with E-state index in [2.05, 4.69) is 11.1 Å². The maximum atomic E-state index is 9.50. The summed E-state index contributed by atoms with van der Waals surface area (Å²) in [5.41, 5.74) is 9.29. The van der Waals surface area contributed by atoms with E-state index in [9.17, 15) is 5.26 Å². The van der Waals surface area contributed by atoms with Gasteiger partial charge in [-0.3, -0.25) is 0 Å². The second kappa shape index (κ2) is 6.61.